The summed E-state index contributed by atoms with van der Waals surface area (Å²) in [5, 5.41) is 3.02. The molecule has 0 saturated heterocycles. The molecule has 112 valence electrons. The third-order valence-corrected chi connectivity index (χ3v) is 3.29. The molecule has 0 bridgehead atoms. The molecule has 0 heterocycles. The number of halogens is 4. The van der Waals surface area contributed by atoms with E-state index in [1.807, 2.05) is 6.92 Å². The molecule has 0 unspecified atom stereocenters. The maximum atomic E-state index is 12.9. The summed E-state index contributed by atoms with van der Waals surface area (Å²) in [5.74, 6) is -0.339. The van der Waals surface area contributed by atoms with Gasteiger partial charge in [-0.25, -0.2) is 4.39 Å². The first-order chi connectivity index (χ1) is 9.88. The van der Waals surface area contributed by atoms with Crippen LogP contribution in [0.1, 0.15) is 29.7 Å². The first kappa shape index (κ1) is 15.5. The van der Waals surface area contributed by atoms with E-state index in [1.54, 1.807) is 18.2 Å². The van der Waals surface area contributed by atoms with E-state index < -0.39 is 11.7 Å². The Hall–Kier alpha value is -1.88. The van der Waals surface area contributed by atoms with Crippen molar-refractivity contribution in [3.8, 4) is 0 Å². The third kappa shape index (κ3) is 4.04. The minimum absolute atomic E-state index is 0.0915. The Balaban J connectivity index is 2.08. The second-order valence-corrected chi connectivity index (χ2v) is 4.81. The van der Waals surface area contributed by atoms with Gasteiger partial charge < -0.3 is 5.32 Å². The molecule has 0 aliphatic heterocycles. The van der Waals surface area contributed by atoms with E-state index in [0.29, 0.717) is 0 Å². The van der Waals surface area contributed by atoms with Crippen molar-refractivity contribution in [1.82, 2.24) is 5.32 Å². The summed E-state index contributed by atoms with van der Waals surface area (Å²) < 4.78 is 51.5. The van der Waals surface area contributed by atoms with Crippen molar-refractivity contribution >= 4 is 0 Å². The van der Waals surface area contributed by atoms with Crippen molar-refractivity contribution in [2.24, 2.45) is 0 Å². The second kappa shape index (κ2) is 6.26. The standard InChI is InChI=1S/C16H15F4N/c1-11(12-6-8-14(17)9-7-12)21-10-13-4-2-3-5-15(13)16(18,19)20/h2-9,11,21H,10H2,1H3/t11-/m0/s1. The number of alkyl halides is 3. The number of hydrogen-bond acceptors (Lipinski definition) is 1. The molecule has 1 N–H and O–H groups in total. The predicted molar refractivity (Wildman–Crippen MR) is 73.1 cm³/mol. The fourth-order valence-electron chi connectivity index (χ4n) is 2.08. The highest BCUT2D eigenvalue weighted by Crippen LogP contribution is 2.32. The van der Waals surface area contributed by atoms with Crippen LogP contribution >= 0.6 is 0 Å². The maximum absolute atomic E-state index is 12.9. The van der Waals surface area contributed by atoms with E-state index in [9.17, 15) is 17.6 Å². The van der Waals surface area contributed by atoms with Crippen LogP contribution in [0.5, 0.6) is 0 Å². The molecule has 0 aromatic heterocycles. The number of nitrogens with one attached hydrogen (secondary N) is 1. The van der Waals surface area contributed by atoms with Gasteiger partial charge in [0.05, 0.1) is 5.56 Å². The van der Waals surface area contributed by atoms with Gasteiger partial charge in [-0.15, -0.1) is 0 Å². The summed E-state index contributed by atoms with van der Waals surface area (Å²) in [4.78, 5) is 0. The lowest BCUT2D eigenvalue weighted by molar-refractivity contribution is -0.138. The zero-order valence-electron chi connectivity index (χ0n) is 11.4. The van der Waals surface area contributed by atoms with Crippen LogP contribution in [0.25, 0.3) is 0 Å². The van der Waals surface area contributed by atoms with Crippen LogP contribution in [-0.4, -0.2) is 0 Å². The van der Waals surface area contributed by atoms with Crippen molar-refractivity contribution in [2.75, 3.05) is 0 Å². The Bertz CT molecular complexity index is 590. The average molecular weight is 297 g/mol. The van der Waals surface area contributed by atoms with Crippen molar-refractivity contribution in [3.63, 3.8) is 0 Å². The molecule has 21 heavy (non-hydrogen) atoms. The van der Waals surface area contributed by atoms with Crippen LogP contribution < -0.4 is 5.32 Å². The highest BCUT2D eigenvalue weighted by atomic mass is 19.4. The summed E-state index contributed by atoms with van der Waals surface area (Å²) in [6.45, 7) is 1.91. The number of rotatable bonds is 4. The van der Waals surface area contributed by atoms with Crippen LogP contribution in [0.2, 0.25) is 0 Å². The molecule has 0 spiro atoms. The molecular weight excluding hydrogens is 282 g/mol. The molecule has 0 radical (unpaired) electrons. The van der Waals surface area contributed by atoms with Crippen molar-refractivity contribution in [1.29, 1.82) is 0 Å². The molecule has 0 aliphatic carbocycles. The Morgan fingerprint density at radius 2 is 1.62 bits per heavy atom. The number of benzene rings is 2. The molecule has 2 rings (SSSR count). The largest absolute Gasteiger partial charge is 0.416 e. The zero-order chi connectivity index (χ0) is 15.5. The van der Waals surface area contributed by atoms with Gasteiger partial charge in [0.15, 0.2) is 0 Å². The summed E-state index contributed by atoms with van der Waals surface area (Å²) in [6, 6.07) is 11.2. The lowest BCUT2D eigenvalue weighted by Gasteiger charge is -2.17. The molecule has 0 fully saturated rings. The topological polar surface area (TPSA) is 12.0 Å². The van der Waals surface area contributed by atoms with E-state index in [4.69, 9.17) is 0 Å². The van der Waals surface area contributed by atoms with Crippen LogP contribution in [0, 0.1) is 5.82 Å². The van der Waals surface area contributed by atoms with Gasteiger partial charge in [-0.3, -0.25) is 0 Å². The molecule has 1 atom stereocenters. The Morgan fingerprint density at radius 3 is 2.24 bits per heavy atom. The fourth-order valence-corrected chi connectivity index (χ4v) is 2.08. The van der Waals surface area contributed by atoms with Crippen molar-refractivity contribution in [3.05, 3.63) is 71.0 Å². The van der Waals surface area contributed by atoms with Gasteiger partial charge in [-0.2, -0.15) is 13.2 Å². The summed E-state index contributed by atoms with van der Waals surface area (Å²) in [6.07, 6.45) is -4.36. The van der Waals surface area contributed by atoms with Crippen LogP contribution in [0.4, 0.5) is 17.6 Å². The van der Waals surface area contributed by atoms with Crippen molar-refractivity contribution < 1.29 is 17.6 Å². The minimum atomic E-state index is -4.36. The van der Waals surface area contributed by atoms with E-state index in [2.05, 4.69) is 5.32 Å². The van der Waals surface area contributed by atoms with Crippen LogP contribution in [0.3, 0.4) is 0 Å². The normalized spacial score (nSPS) is 13.2. The third-order valence-electron chi connectivity index (χ3n) is 3.29. The molecule has 2 aromatic carbocycles. The minimum Gasteiger partial charge on any atom is -0.306 e. The molecule has 5 heteroatoms. The van der Waals surface area contributed by atoms with Crippen molar-refractivity contribution in [2.45, 2.75) is 25.7 Å². The van der Waals surface area contributed by atoms with Gasteiger partial charge in [-0.05, 0) is 36.2 Å². The molecule has 0 aliphatic rings. The van der Waals surface area contributed by atoms with E-state index in [0.717, 1.165) is 11.6 Å². The zero-order valence-corrected chi connectivity index (χ0v) is 11.4. The van der Waals surface area contributed by atoms with E-state index >= 15 is 0 Å². The molecule has 1 nitrogen and oxygen atoms in total. The van der Waals surface area contributed by atoms with Gasteiger partial charge in [-0.1, -0.05) is 30.3 Å². The summed E-state index contributed by atoms with van der Waals surface area (Å²) in [5.41, 5.74) is 0.378. The Kier molecular flexibility index (Phi) is 4.63. The fraction of sp³-hybridized carbons (Fsp3) is 0.250. The molecule has 0 saturated carbocycles. The van der Waals surface area contributed by atoms with Crippen LogP contribution in [-0.2, 0) is 12.7 Å². The van der Waals surface area contributed by atoms with Gasteiger partial charge in [0.1, 0.15) is 5.82 Å². The van der Waals surface area contributed by atoms with Gasteiger partial charge >= 0.3 is 6.18 Å². The number of hydrogen-bond donors (Lipinski definition) is 1. The van der Waals surface area contributed by atoms with Gasteiger partial charge in [0.2, 0.25) is 0 Å². The van der Waals surface area contributed by atoms with E-state index in [-0.39, 0.29) is 24.0 Å². The molecular formula is C16H15F4N. The van der Waals surface area contributed by atoms with Crippen LogP contribution in [0.15, 0.2) is 48.5 Å². The van der Waals surface area contributed by atoms with Gasteiger partial charge in [0.25, 0.3) is 0 Å². The first-order valence-electron chi connectivity index (χ1n) is 6.52. The van der Waals surface area contributed by atoms with E-state index in [1.165, 1.54) is 24.3 Å². The predicted octanol–water partition coefficient (Wildman–Crippen LogP) is 4.70. The monoisotopic (exact) mass is 297 g/mol. The maximum Gasteiger partial charge on any atom is 0.416 e. The summed E-state index contributed by atoms with van der Waals surface area (Å²) >= 11 is 0. The van der Waals surface area contributed by atoms with Gasteiger partial charge in [0, 0.05) is 12.6 Å². The SMILES string of the molecule is C[C@H](NCc1ccccc1C(F)(F)F)c1ccc(F)cc1. The quantitative estimate of drug-likeness (QED) is 0.807. The highest BCUT2D eigenvalue weighted by Gasteiger charge is 2.32. The lowest BCUT2D eigenvalue weighted by atomic mass is 10.1. The lowest BCUT2D eigenvalue weighted by Crippen LogP contribution is -2.20. The summed E-state index contributed by atoms with van der Waals surface area (Å²) in [7, 11) is 0. The molecule has 0 amide bonds. The average Bonchev–Trinajstić information content (AvgIpc) is 2.45. The Labute approximate surface area is 120 Å². The molecule has 2 aromatic rings. The Morgan fingerprint density at radius 1 is 1.00 bits per heavy atom. The first-order valence-corrected chi connectivity index (χ1v) is 6.52. The second-order valence-electron chi connectivity index (χ2n) is 4.81. The highest BCUT2D eigenvalue weighted by molar-refractivity contribution is 5.30. The smallest absolute Gasteiger partial charge is 0.306 e.